The average molecular weight is 358 g/mol. The van der Waals surface area contributed by atoms with Crippen molar-refractivity contribution in [2.75, 3.05) is 11.5 Å². The zero-order chi connectivity index (χ0) is 17.9. The fraction of sp³-hybridized carbons (Fsp3) is 0.0476. The van der Waals surface area contributed by atoms with Gasteiger partial charge in [-0.1, -0.05) is 36.0 Å². The standard InChI is InChI=1S/C21H14N2O2S/c22-13-15-9-11-16(12-10-15)25-14-21(24)23-17-5-1-3-7-19(17)26-20-8-4-2-6-18(20)23/h1-12H,14H2. The maximum Gasteiger partial charge on any atom is 0.269 e. The van der Waals surface area contributed by atoms with Crippen LogP contribution in [-0.4, -0.2) is 12.5 Å². The Morgan fingerprint density at radius 1 is 0.923 bits per heavy atom. The van der Waals surface area contributed by atoms with Crippen molar-refractivity contribution in [2.24, 2.45) is 0 Å². The molecule has 1 amide bonds. The molecule has 0 bridgehead atoms. The lowest BCUT2D eigenvalue weighted by Gasteiger charge is -2.30. The number of carbonyl (C=O) groups excluding carboxylic acids is 1. The van der Waals surface area contributed by atoms with Crippen LogP contribution in [0.15, 0.2) is 82.6 Å². The van der Waals surface area contributed by atoms with Crippen molar-refractivity contribution in [1.82, 2.24) is 0 Å². The van der Waals surface area contributed by atoms with E-state index in [0.29, 0.717) is 11.3 Å². The number of benzene rings is 3. The van der Waals surface area contributed by atoms with Gasteiger partial charge in [-0.25, -0.2) is 0 Å². The van der Waals surface area contributed by atoms with Crippen LogP contribution in [0.2, 0.25) is 0 Å². The van der Waals surface area contributed by atoms with Crippen LogP contribution in [-0.2, 0) is 4.79 Å². The van der Waals surface area contributed by atoms with E-state index >= 15 is 0 Å². The number of rotatable bonds is 3. The van der Waals surface area contributed by atoms with E-state index < -0.39 is 0 Å². The molecule has 4 rings (SSSR count). The van der Waals surface area contributed by atoms with Gasteiger partial charge in [0, 0.05) is 9.79 Å². The van der Waals surface area contributed by atoms with Gasteiger partial charge in [0.2, 0.25) is 0 Å². The summed E-state index contributed by atoms with van der Waals surface area (Å²) in [6.45, 7) is -0.0841. The first-order valence-corrected chi connectivity index (χ1v) is 8.90. The van der Waals surface area contributed by atoms with E-state index in [-0.39, 0.29) is 12.5 Å². The molecule has 0 aromatic heterocycles. The number of hydrogen-bond donors (Lipinski definition) is 0. The second-order valence-electron chi connectivity index (χ2n) is 5.69. The summed E-state index contributed by atoms with van der Waals surface area (Å²) in [4.78, 5) is 16.8. The van der Waals surface area contributed by atoms with Gasteiger partial charge in [-0.2, -0.15) is 5.26 Å². The highest BCUT2D eigenvalue weighted by molar-refractivity contribution is 7.99. The molecule has 26 heavy (non-hydrogen) atoms. The molecule has 0 N–H and O–H groups in total. The molecular formula is C21H14N2O2S. The van der Waals surface area contributed by atoms with E-state index in [1.165, 1.54) is 0 Å². The van der Waals surface area contributed by atoms with Gasteiger partial charge in [-0.15, -0.1) is 0 Å². The van der Waals surface area contributed by atoms with Crippen LogP contribution in [0.1, 0.15) is 5.56 Å². The molecular weight excluding hydrogens is 344 g/mol. The largest absolute Gasteiger partial charge is 0.484 e. The smallest absolute Gasteiger partial charge is 0.269 e. The molecule has 1 aliphatic heterocycles. The molecule has 5 heteroatoms. The molecule has 0 fully saturated rings. The minimum Gasteiger partial charge on any atom is -0.484 e. The van der Waals surface area contributed by atoms with Gasteiger partial charge in [-0.05, 0) is 48.5 Å². The number of carbonyl (C=O) groups is 1. The zero-order valence-corrected chi connectivity index (χ0v) is 14.6. The first-order chi connectivity index (χ1) is 12.8. The lowest BCUT2D eigenvalue weighted by Crippen LogP contribution is -2.32. The van der Waals surface area contributed by atoms with Crippen molar-refractivity contribution in [3.8, 4) is 11.8 Å². The quantitative estimate of drug-likeness (QED) is 0.677. The number of nitriles is 1. The van der Waals surface area contributed by atoms with Crippen molar-refractivity contribution >= 4 is 29.0 Å². The summed E-state index contributed by atoms with van der Waals surface area (Å²) < 4.78 is 5.64. The van der Waals surface area contributed by atoms with Crippen LogP contribution in [0.4, 0.5) is 11.4 Å². The number of hydrogen-bond acceptors (Lipinski definition) is 4. The molecule has 126 valence electrons. The highest BCUT2D eigenvalue weighted by atomic mass is 32.2. The lowest BCUT2D eigenvalue weighted by atomic mass is 10.2. The summed E-state index contributed by atoms with van der Waals surface area (Å²) in [5.74, 6) is 0.417. The topological polar surface area (TPSA) is 53.3 Å². The Kier molecular flexibility index (Phi) is 4.34. The third kappa shape index (κ3) is 3.03. The van der Waals surface area contributed by atoms with Crippen LogP contribution in [0.25, 0.3) is 0 Å². The first kappa shape index (κ1) is 16.2. The highest BCUT2D eigenvalue weighted by Gasteiger charge is 2.27. The summed E-state index contributed by atoms with van der Waals surface area (Å²) in [6, 6.07) is 24.5. The second kappa shape index (κ2) is 6.95. The molecule has 0 unspecified atom stereocenters. The Balaban J connectivity index is 1.60. The first-order valence-electron chi connectivity index (χ1n) is 8.08. The number of para-hydroxylation sites is 2. The Hall–Kier alpha value is -3.23. The van der Waals surface area contributed by atoms with Gasteiger partial charge in [0.05, 0.1) is 23.0 Å². The van der Waals surface area contributed by atoms with Crippen LogP contribution in [0, 0.1) is 11.3 Å². The Labute approximate surface area is 155 Å². The number of ether oxygens (including phenoxy) is 1. The lowest BCUT2D eigenvalue weighted by molar-refractivity contribution is -0.119. The molecule has 0 radical (unpaired) electrons. The zero-order valence-electron chi connectivity index (χ0n) is 13.8. The maximum atomic E-state index is 13.0. The fourth-order valence-corrected chi connectivity index (χ4v) is 3.87. The number of amides is 1. The van der Waals surface area contributed by atoms with Crippen LogP contribution >= 0.6 is 11.8 Å². The van der Waals surface area contributed by atoms with Crippen molar-refractivity contribution < 1.29 is 9.53 Å². The molecule has 3 aromatic rings. The van der Waals surface area contributed by atoms with Gasteiger partial charge in [-0.3, -0.25) is 9.69 Å². The maximum absolute atomic E-state index is 13.0. The van der Waals surface area contributed by atoms with Crippen LogP contribution in [0.5, 0.6) is 5.75 Å². The molecule has 1 heterocycles. The summed E-state index contributed by atoms with van der Waals surface area (Å²) in [7, 11) is 0. The van der Waals surface area contributed by atoms with Crippen molar-refractivity contribution in [2.45, 2.75) is 9.79 Å². The third-order valence-electron chi connectivity index (χ3n) is 4.03. The Morgan fingerprint density at radius 2 is 1.50 bits per heavy atom. The number of nitrogens with zero attached hydrogens (tertiary/aromatic N) is 2. The summed E-state index contributed by atoms with van der Waals surface area (Å²) in [5, 5.41) is 8.85. The van der Waals surface area contributed by atoms with Gasteiger partial charge in [0.25, 0.3) is 5.91 Å². The van der Waals surface area contributed by atoms with Crippen molar-refractivity contribution in [1.29, 1.82) is 5.26 Å². The van der Waals surface area contributed by atoms with E-state index in [4.69, 9.17) is 10.00 Å². The van der Waals surface area contributed by atoms with Crippen molar-refractivity contribution in [3.05, 3.63) is 78.4 Å². The Bertz CT molecular complexity index is 964. The molecule has 3 aromatic carbocycles. The summed E-state index contributed by atoms with van der Waals surface area (Å²) in [5.41, 5.74) is 2.29. The normalized spacial score (nSPS) is 11.9. The van der Waals surface area contributed by atoms with E-state index in [9.17, 15) is 4.79 Å². The molecule has 1 aliphatic rings. The van der Waals surface area contributed by atoms with E-state index in [0.717, 1.165) is 21.2 Å². The minimum atomic E-state index is -0.144. The molecule has 0 aliphatic carbocycles. The second-order valence-corrected chi connectivity index (χ2v) is 6.78. The number of fused-ring (bicyclic) bond motifs is 2. The third-order valence-corrected chi connectivity index (χ3v) is 5.16. The molecule has 0 atom stereocenters. The predicted molar refractivity (Wildman–Crippen MR) is 101 cm³/mol. The predicted octanol–water partition coefficient (Wildman–Crippen LogP) is 4.77. The molecule has 0 spiro atoms. The molecule has 0 saturated heterocycles. The molecule has 4 nitrogen and oxygen atoms in total. The van der Waals surface area contributed by atoms with E-state index in [2.05, 4.69) is 6.07 Å². The van der Waals surface area contributed by atoms with Crippen LogP contribution in [0.3, 0.4) is 0 Å². The average Bonchev–Trinajstić information content (AvgIpc) is 2.70. The van der Waals surface area contributed by atoms with Gasteiger partial charge < -0.3 is 4.74 Å². The summed E-state index contributed by atoms with van der Waals surface area (Å²) in [6.07, 6.45) is 0. The molecule has 0 saturated carbocycles. The Morgan fingerprint density at radius 3 is 2.08 bits per heavy atom. The summed E-state index contributed by atoms with van der Waals surface area (Å²) >= 11 is 1.66. The van der Waals surface area contributed by atoms with Gasteiger partial charge in [0.1, 0.15) is 5.75 Å². The van der Waals surface area contributed by atoms with E-state index in [1.54, 1.807) is 40.9 Å². The van der Waals surface area contributed by atoms with Gasteiger partial charge >= 0.3 is 0 Å². The van der Waals surface area contributed by atoms with Gasteiger partial charge in [0.15, 0.2) is 6.61 Å². The number of anilines is 2. The van der Waals surface area contributed by atoms with Crippen LogP contribution < -0.4 is 9.64 Å². The highest BCUT2D eigenvalue weighted by Crippen LogP contribution is 2.47. The fourth-order valence-electron chi connectivity index (χ4n) is 2.81. The SMILES string of the molecule is N#Cc1ccc(OCC(=O)N2c3ccccc3Sc3ccccc32)cc1. The monoisotopic (exact) mass is 358 g/mol. The van der Waals surface area contributed by atoms with E-state index in [1.807, 2.05) is 48.5 Å². The minimum absolute atomic E-state index is 0.0841. The van der Waals surface area contributed by atoms with Crippen molar-refractivity contribution in [3.63, 3.8) is 0 Å².